The zero-order chi connectivity index (χ0) is 25.5. The first-order valence-electron chi connectivity index (χ1n) is 10.9. The lowest BCUT2D eigenvalue weighted by molar-refractivity contribution is -0.142. The highest BCUT2D eigenvalue weighted by atomic mass is 32.2. The second-order valence-corrected chi connectivity index (χ2v) is 10.2. The number of ether oxygens (including phenoxy) is 2. The Bertz CT molecular complexity index is 1340. The van der Waals surface area contributed by atoms with Crippen LogP contribution in [0.1, 0.15) is 18.3 Å². The molecule has 1 amide bonds. The van der Waals surface area contributed by atoms with Crippen LogP contribution in [-0.2, 0) is 20.7 Å². The number of aromatic nitrogens is 4. The number of anilines is 1. The molecule has 1 aromatic carbocycles. The van der Waals surface area contributed by atoms with Gasteiger partial charge in [0.05, 0.1) is 42.2 Å². The number of hydrogen-bond acceptors (Lipinski definition) is 11. The molecule has 36 heavy (non-hydrogen) atoms. The lowest BCUT2D eigenvalue weighted by Gasteiger charge is -2.02. The first-order chi connectivity index (χ1) is 17.4. The van der Waals surface area contributed by atoms with E-state index in [0.29, 0.717) is 22.5 Å². The SMILES string of the molecule is CCOC(=O)Cc1csc(NC(=O)CSc2ccc(-c3sc(-c4ccc(OC)cc4)nc3C)nn2)n1. The Morgan fingerprint density at radius 1 is 1.08 bits per heavy atom. The van der Waals surface area contributed by atoms with Crippen molar-refractivity contribution in [3.63, 3.8) is 0 Å². The predicted molar refractivity (Wildman–Crippen MR) is 142 cm³/mol. The molecule has 3 heterocycles. The van der Waals surface area contributed by atoms with Crippen molar-refractivity contribution in [1.29, 1.82) is 0 Å². The molecule has 3 aromatic heterocycles. The summed E-state index contributed by atoms with van der Waals surface area (Å²) < 4.78 is 10.1. The minimum Gasteiger partial charge on any atom is -0.497 e. The first kappa shape index (κ1) is 25.7. The minimum atomic E-state index is -0.344. The standard InChI is InChI=1S/C24H23N5O4S3/c1-4-33-21(31)11-16-12-35-24(26-16)27-19(30)13-34-20-10-9-18(28-29-20)22-14(2)25-23(36-22)15-5-7-17(32-3)8-6-15/h5-10,12H,4,11,13H2,1-3H3,(H,26,27,30). The molecular formula is C24H23N5O4S3. The highest BCUT2D eigenvalue weighted by Crippen LogP contribution is 2.35. The zero-order valence-corrected chi connectivity index (χ0v) is 22.3. The van der Waals surface area contributed by atoms with E-state index in [1.54, 1.807) is 30.8 Å². The van der Waals surface area contributed by atoms with Gasteiger partial charge in [-0.2, -0.15) is 0 Å². The first-order valence-corrected chi connectivity index (χ1v) is 13.6. The van der Waals surface area contributed by atoms with E-state index < -0.39 is 0 Å². The fourth-order valence-electron chi connectivity index (χ4n) is 3.11. The average Bonchev–Trinajstić information content (AvgIpc) is 3.49. The Labute approximate surface area is 220 Å². The number of methoxy groups -OCH3 is 1. The summed E-state index contributed by atoms with van der Waals surface area (Å²) in [6.45, 7) is 4.02. The Hall–Kier alpha value is -3.35. The predicted octanol–water partition coefficient (Wildman–Crippen LogP) is 4.88. The summed E-state index contributed by atoms with van der Waals surface area (Å²) in [5, 5.41) is 15.0. The number of thiazole rings is 2. The molecule has 0 unspecified atom stereocenters. The van der Waals surface area contributed by atoms with Crippen LogP contribution in [0.25, 0.3) is 21.1 Å². The lowest BCUT2D eigenvalue weighted by Crippen LogP contribution is -2.14. The second-order valence-electron chi connectivity index (χ2n) is 7.38. The number of rotatable bonds is 10. The topological polar surface area (TPSA) is 116 Å². The van der Waals surface area contributed by atoms with Crippen molar-refractivity contribution < 1.29 is 19.1 Å². The number of thioether (sulfide) groups is 1. The number of carbonyl (C=O) groups is 2. The molecule has 9 nitrogen and oxygen atoms in total. The van der Waals surface area contributed by atoms with Crippen molar-refractivity contribution in [2.75, 3.05) is 24.8 Å². The van der Waals surface area contributed by atoms with Gasteiger partial charge >= 0.3 is 5.97 Å². The molecule has 1 N–H and O–H groups in total. The van der Waals surface area contributed by atoms with Gasteiger partial charge in [-0.05, 0) is 50.2 Å². The average molecular weight is 542 g/mol. The highest BCUT2D eigenvalue weighted by Gasteiger charge is 2.14. The Kier molecular flexibility index (Phi) is 8.62. The number of carbonyl (C=O) groups excluding carboxylic acids is 2. The molecule has 0 fully saturated rings. The lowest BCUT2D eigenvalue weighted by atomic mass is 10.2. The third-order valence-corrected chi connectivity index (χ3v) is 7.74. The molecular weight excluding hydrogens is 518 g/mol. The molecule has 0 aliphatic carbocycles. The smallest absolute Gasteiger partial charge is 0.311 e. The van der Waals surface area contributed by atoms with Crippen molar-refractivity contribution in [1.82, 2.24) is 20.2 Å². The number of nitrogens with zero attached hydrogens (tertiary/aromatic N) is 4. The number of aryl methyl sites for hydroxylation is 1. The molecule has 12 heteroatoms. The Balaban J connectivity index is 1.32. The van der Waals surface area contributed by atoms with Crippen LogP contribution in [0, 0.1) is 6.92 Å². The van der Waals surface area contributed by atoms with Gasteiger partial charge in [-0.15, -0.1) is 32.9 Å². The van der Waals surface area contributed by atoms with Crippen molar-refractivity contribution in [2.45, 2.75) is 25.3 Å². The summed E-state index contributed by atoms with van der Waals surface area (Å²) >= 11 is 4.09. The van der Waals surface area contributed by atoms with E-state index in [9.17, 15) is 9.59 Å². The molecule has 0 saturated heterocycles. The number of hydrogen-bond donors (Lipinski definition) is 1. The van der Waals surface area contributed by atoms with Crippen LogP contribution in [0.15, 0.2) is 46.8 Å². The van der Waals surface area contributed by atoms with Gasteiger partial charge < -0.3 is 14.8 Å². The summed E-state index contributed by atoms with van der Waals surface area (Å²) in [4.78, 5) is 33.7. The Morgan fingerprint density at radius 3 is 2.58 bits per heavy atom. The van der Waals surface area contributed by atoms with Crippen LogP contribution in [-0.4, -0.2) is 51.5 Å². The molecule has 0 saturated carbocycles. The largest absolute Gasteiger partial charge is 0.497 e. The van der Waals surface area contributed by atoms with Gasteiger partial charge in [0.1, 0.15) is 21.5 Å². The zero-order valence-electron chi connectivity index (χ0n) is 19.8. The monoisotopic (exact) mass is 541 g/mol. The maximum Gasteiger partial charge on any atom is 0.311 e. The van der Waals surface area contributed by atoms with Gasteiger partial charge in [0.15, 0.2) is 5.13 Å². The van der Waals surface area contributed by atoms with E-state index in [-0.39, 0.29) is 24.1 Å². The normalized spacial score (nSPS) is 10.8. The van der Waals surface area contributed by atoms with Crippen LogP contribution < -0.4 is 10.1 Å². The van der Waals surface area contributed by atoms with E-state index in [1.807, 2.05) is 43.3 Å². The highest BCUT2D eigenvalue weighted by molar-refractivity contribution is 7.99. The second kappa shape index (κ2) is 12.1. The quantitative estimate of drug-likeness (QED) is 0.221. The summed E-state index contributed by atoms with van der Waals surface area (Å²) in [5.41, 5.74) is 3.19. The van der Waals surface area contributed by atoms with Gasteiger partial charge in [-0.3, -0.25) is 9.59 Å². The van der Waals surface area contributed by atoms with E-state index in [4.69, 9.17) is 9.47 Å². The van der Waals surface area contributed by atoms with E-state index in [1.165, 1.54) is 23.1 Å². The van der Waals surface area contributed by atoms with Crippen LogP contribution in [0.4, 0.5) is 5.13 Å². The van der Waals surface area contributed by atoms with E-state index in [2.05, 4.69) is 25.5 Å². The summed E-state index contributed by atoms with van der Waals surface area (Å²) in [6.07, 6.45) is 0.0811. The molecule has 186 valence electrons. The van der Waals surface area contributed by atoms with Gasteiger partial charge in [0.25, 0.3) is 0 Å². The van der Waals surface area contributed by atoms with Crippen molar-refractivity contribution in [3.05, 3.63) is 53.2 Å². The number of esters is 1. The number of amides is 1. The van der Waals surface area contributed by atoms with E-state index >= 15 is 0 Å². The molecule has 0 aliphatic rings. The molecule has 0 spiro atoms. The van der Waals surface area contributed by atoms with Gasteiger partial charge in [0.2, 0.25) is 5.91 Å². The van der Waals surface area contributed by atoms with Crippen LogP contribution in [0.5, 0.6) is 5.75 Å². The molecule has 0 atom stereocenters. The van der Waals surface area contributed by atoms with Crippen LogP contribution in [0.2, 0.25) is 0 Å². The third kappa shape index (κ3) is 6.65. The van der Waals surface area contributed by atoms with Crippen LogP contribution in [0.3, 0.4) is 0 Å². The van der Waals surface area contributed by atoms with Crippen LogP contribution >= 0.6 is 34.4 Å². The maximum atomic E-state index is 12.3. The molecule has 0 bridgehead atoms. The summed E-state index contributed by atoms with van der Waals surface area (Å²) in [5.74, 6) is 0.390. The molecule has 0 radical (unpaired) electrons. The van der Waals surface area contributed by atoms with E-state index in [0.717, 1.165) is 32.6 Å². The fraction of sp³-hybridized carbons (Fsp3) is 0.250. The van der Waals surface area contributed by atoms with Crippen molar-refractivity contribution in [2.24, 2.45) is 0 Å². The van der Waals surface area contributed by atoms with Crippen molar-refractivity contribution >= 4 is 51.4 Å². The molecule has 0 aliphatic heterocycles. The summed E-state index contributed by atoms with van der Waals surface area (Å²) in [6, 6.07) is 11.5. The maximum absolute atomic E-state index is 12.3. The Morgan fingerprint density at radius 2 is 1.89 bits per heavy atom. The molecule has 4 aromatic rings. The van der Waals surface area contributed by atoms with Gasteiger partial charge in [0, 0.05) is 10.9 Å². The van der Waals surface area contributed by atoms with Crippen molar-refractivity contribution in [3.8, 4) is 26.9 Å². The minimum absolute atomic E-state index is 0.0811. The summed E-state index contributed by atoms with van der Waals surface area (Å²) in [7, 11) is 1.64. The molecule has 4 rings (SSSR count). The number of benzene rings is 1. The fourth-order valence-corrected chi connectivity index (χ4v) is 5.49. The van der Waals surface area contributed by atoms with Gasteiger partial charge in [-0.25, -0.2) is 9.97 Å². The number of nitrogens with one attached hydrogen (secondary N) is 1. The van der Waals surface area contributed by atoms with Gasteiger partial charge in [-0.1, -0.05) is 11.8 Å². The third-order valence-electron chi connectivity index (χ3n) is 4.79.